The standard InChI is InChI=1S/C30H40N14O2/c1-2-10-41(9-1)27-33-25(35-29(37-27)43-13-17-45-18-14-43)39-31-21-23-5-7-24(8-6-23)22-32-40-26-34-28(42-11-3-4-12-42)38-30(36-26)44-15-19-46-20-16-44/h5-8,21-22H,1-4,9-20H2,(H,33,35,37,39)(H,34,36,38,40)/b31-21-,32-22-. The number of hydrogen-bond acceptors (Lipinski definition) is 16. The summed E-state index contributed by atoms with van der Waals surface area (Å²) in [6, 6.07) is 7.89. The Labute approximate surface area is 268 Å². The van der Waals surface area contributed by atoms with Gasteiger partial charge in [-0.3, -0.25) is 0 Å². The van der Waals surface area contributed by atoms with E-state index in [-0.39, 0.29) is 0 Å². The highest BCUT2D eigenvalue weighted by Gasteiger charge is 2.22. The largest absolute Gasteiger partial charge is 0.378 e. The smallest absolute Gasteiger partial charge is 0.250 e. The molecule has 0 amide bonds. The Hall–Kier alpha value is -4.70. The fraction of sp³-hybridized carbons (Fsp3) is 0.533. The number of anilines is 6. The van der Waals surface area contributed by atoms with Crippen LogP contribution >= 0.6 is 0 Å². The molecule has 16 nitrogen and oxygen atoms in total. The Morgan fingerprint density at radius 1 is 0.478 bits per heavy atom. The SMILES string of the molecule is C(=N/Nc1nc(N2CCCC2)nc(N2CCOCC2)n1)/c1ccc(/C=N\Nc2nc(N3CCCC3)nc(N3CCOCC3)n2)cc1. The van der Waals surface area contributed by atoms with Crippen molar-refractivity contribution in [1.82, 2.24) is 29.9 Å². The van der Waals surface area contributed by atoms with Crippen LogP contribution in [-0.4, -0.2) is 121 Å². The molecule has 1 aromatic carbocycles. The average Bonchev–Trinajstić information content (AvgIpc) is 3.86. The number of nitrogens with zero attached hydrogens (tertiary/aromatic N) is 12. The molecular weight excluding hydrogens is 588 g/mol. The van der Waals surface area contributed by atoms with Crippen molar-refractivity contribution in [3.63, 3.8) is 0 Å². The van der Waals surface area contributed by atoms with E-state index in [1.54, 1.807) is 12.4 Å². The van der Waals surface area contributed by atoms with E-state index in [2.05, 4.69) is 60.6 Å². The molecule has 0 atom stereocenters. The number of rotatable bonds is 10. The van der Waals surface area contributed by atoms with Gasteiger partial charge < -0.3 is 29.1 Å². The summed E-state index contributed by atoms with van der Waals surface area (Å²) < 4.78 is 11.0. The van der Waals surface area contributed by atoms with E-state index in [9.17, 15) is 0 Å². The van der Waals surface area contributed by atoms with Crippen LogP contribution in [0.3, 0.4) is 0 Å². The van der Waals surface area contributed by atoms with Crippen LogP contribution in [0.2, 0.25) is 0 Å². The van der Waals surface area contributed by atoms with E-state index in [1.807, 2.05) is 24.3 Å². The lowest BCUT2D eigenvalue weighted by atomic mass is 10.2. The lowest BCUT2D eigenvalue weighted by Gasteiger charge is -2.27. The molecule has 0 saturated carbocycles. The normalized spacial score (nSPS) is 19.1. The van der Waals surface area contributed by atoms with Crippen LogP contribution in [0, 0.1) is 0 Å². The molecule has 4 aliphatic heterocycles. The molecule has 7 rings (SSSR count). The maximum absolute atomic E-state index is 5.50. The summed E-state index contributed by atoms with van der Waals surface area (Å²) in [7, 11) is 0. The molecule has 16 heteroatoms. The third kappa shape index (κ3) is 7.56. The lowest BCUT2D eigenvalue weighted by Crippen LogP contribution is -2.38. The van der Waals surface area contributed by atoms with E-state index in [0.29, 0.717) is 62.1 Å². The zero-order valence-corrected chi connectivity index (χ0v) is 26.0. The molecule has 0 unspecified atom stereocenters. The quantitative estimate of drug-likeness (QED) is 0.247. The van der Waals surface area contributed by atoms with Crippen LogP contribution in [0.1, 0.15) is 36.8 Å². The Morgan fingerprint density at radius 3 is 1.15 bits per heavy atom. The molecule has 46 heavy (non-hydrogen) atoms. The Morgan fingerprint density at radius 2 is 0.804 bits per heavy atom. The van der Waals surface area contributed by atoms with Crippen LogP contribution in [0.5, 0.6) is 0 Å². The third-order valence-electron chi connectivity index (χ3n) is 8.28. The average molecular weight is 629 g/mol. The zero-order chi connectivity index (χ0) is 31.0. The molecule has 0 aliphatic carbocycles. The van der Waals surface area contributed by atoms with Crippen LogP contribution < -0.4 is 30.5 Å². The monoisotopic (exact) mass is 628 g/mol. The maximum atomic E-state index is 5.50. The first-order chi connectivity index (χ1) is 22.8. The number of benzene rings is 1. The van der Waals surface area contributed by atoms with Gasteiger partial charge in [0.05, 0.1) is 38.9 Å². The molecule has 4 aliphatic rings. The van der Waals surface area contributed by atoms with Crippen molar-refractivity contribution in [3.8, 4) is 0 Å². The van der Waals surface area contributed by atoms with Crippen molar-refractivity contribution in [2.75, 3.05) is 109 Å². The number of hydrazone groups is 2. The Balaban J connectivity index is 0.986. The van der Waals surface area contributed by atoms with Gasteiger partial charge in [-0.2, -0.15) is 40.1 Å². The van der Waals surface area contributed by atoms with Crippen molar-refractivity contribution >= 4 is 48.1 Å². The highest BCUT2D eigenvalue weighted by molar-refractivity contribution is 5.84. The van der Waals surface area contributed by atoms with Gasteiger partial charge in [0.25, 0.3) is 0 Å². The molecule has 2 aromatic heterocycles. The fourth-order valence-corrected chi connectivity index (χ4v) is 5.73. The topological polar surface area (TPSA) is 158 Å². The van der Waals surface area contributed by atoms with Crippen molar-refractivity contribution < 1.29 is 9.47 Å². The fourth-order valence-electron chi connectivity index (χ4n) is 5.73. The van der Waals surface area contributed by atoms with E-state index < -0.39 is 0 Å². The van der Waals surface area contributed by atoms with Gasteiger partial charge in [0.15, 0.2) is 0 Å². The minimum atomic E-state index is 0.424. The summed E-state index contributed by atoms with van der Waals surface area (Å²) in [4.78, 5) is 36.7. The summed E-state index contributed by atoms with van der Waals surface area (Å²) in [5.41, 5.74) is 7.86. The molecule has 4 fully saturated rings. The Bertz CT molecular complexity index is 1380. The summed E-state index contributed by atoms with van der Waals surface area (Å²) in [5.74, 6) is 3.52. The minimum Gasteiger partial charge on any atom is -0.378 e. The highest BCUT2D eigenvalue weighted by Crippen LogP contribution is 2.22. The van der Waals surface area contributed by atoms with Gasteiger partial charge >= 0.3 is 0 Å². The van der Waals surface area contributed by atoms with Gasteiger partial charge in [0.2, 0.25) is 35.7 Å². The van der Waals surface area contributed by atoms with Crippen LogP contribution in [0.4, 0.5) is 35.7 Å². The number of aromatic nitrogens is 6. The van der Waals surface area contributed by atoms with Crippen molar-refractivity contribution in [2.24, 2.45) is 10.2 Å². The lowest BCUT2D eigenvalue weighted by molar-refractivity contribution is 0.122. The molecule has 242 valence electrons. The summed E-state index contributed by atoms with van der Waals surface area (Å²) in [6.07, 6.45) is 8.05. The maximum Gasteiger partial charge on any atom is 0.250 e. The molecule has 0 bridgehead atoms. The third-order valence-corrected chi connectivity index (χ3v) is 8.28. The second-order valence-corrected chi connectivity index (χ2v) is 11.5. The van der Waals surface area contributed by atoms with Crippen LogP contribution in [0.15, 0.2) is 34.5 Å². The summed E-state index contributed by atoms with van der Waals surface area (Å²) in [5, 5.41) is 8.82. The van der Waals surface area contributed by atoms with Crippen molar-refractivity contribution in [1.29, 1.82) is 0 Å². The predicted octanol–water partition coefficient (Wildman–Crippen LogP) is 1.82. The van der Waals surface area contributed by atoms with E-state index in [4.69, 9.17) is 19.4 Å². The highest BCUT2D eigenvalue weighted by atomic mass is 16.5. The Kier molecular flexibility index (Phi) is 9.51. The van der Waals surface area contributed by atoms with E-state index in [0.717, 1.165) is 89.2 Å². The van der Waals surface area contributed by atoms with E-state index >= 15 is 0 Å². The number of nitrogens with one attached hydrogen (secondary N) is 2. The van der Waals surface area contributed by atoms with Crippen molar-refractivity contribution in [2.45, 2.75) is 25.7 Å². The van der Waals surface area contributed by atoms with Gasteiger partial charge in [-0.25, -0.2) is 10.9 Å². The van der Waals surface area contributed by atoms with Gasteiger partial charge in [-0.05, 0) is 36.8 Å². The van der Waals surface area contributed by atoms with Gasteiger partial charge in [-0.1, -0.05) is 24.3 Å². The van der Waals surface area contributed by atoms with Gasteiger partial charge in [-0.15, -0.1) is 0 Å². The second kappa shape index (κ2) is 14.6. The first kappa shape index (κ1) is 30.0. The molecule has 3 aromatic rings. The van der Waals surface area contributed by atoms with Gasteiger partial charge in [0, 0.05) is 52.4 Å². The van der Waals surface area contributed by atoms with Gasteiger partial charge in [0.1, 0.15) is 0 Å². The zero-order valence-electron chi connectivity index (χ0n) is 26.0. The van der Waals surface area contributed by atoms with Crippen molar-refractivity contribution in [3.05, 3.63) is 35.4 Å². The van der Waals surface area contributed by atoms with E-state index in [1.165, 1.54) is 0 Å². The number of morpholine rings is 2. The molecular formula is C30H40N14O2. The first-order valence-corrected chi connectivity index (χ1v) is 16.1. The second-order valence-electron chi connectivity index (χ2n) is 11.5. The molecule has 0 radical (unpaired) electrons. The molecule has 6 heterocycles. The van der Waals surface area contributed by atoms with Crippen LogP contribution in [-0.2, 0) is 9.47 Å². The number of ether oxygens (including phenoxy) is 2. The molecule has 0 spiro atoms. The molecule has 4 saturated heterocycles. The summed E-state index contributed by atoms with van der Waals surface area (Å²) in [6.45, 7) is 9.45. The molecule has 2 N–H and O–H groups in total. The van der Waals surface area contributed by atoms with Crippen LogP contribution in [0.25, 0.3) is 0 Å². The number of hydrogen-bond donors (Lipinski definition) is 2. The summed E-state index contributed by atoms with van der Waals surface area (Å²) >= 11 is 0. The minimum absolute atomic E-state index is 0.424. The first-order valence-electron chi connectivity index (χ1n) is 16.1. The predicted molar refractivity (Wildman–Crippen MR) is 177 cm³/mol.